The average molecular weight is 489 g/mol. The molecule has 3 aromatic rings. The lowest BCUT2D eigenvalue weighted by Crippen LogP contribution is -2.38. The van der Waals surface area contributed by atoms with Crippen LogP contribution in [0.4, 0.5) is 5.00 Å². The predicted molar refractivity (Wildman–Crippen MR) is 132 cm³/mol. The third kappa shape index (κ3) is 3.85. The maximum absolute atomic E-state index is 13.1. The second-order valence-corrected chi connectivity index (χ2v) is 11.4. The fourth-order valence-electron chi connectivity index (χ4n) is 4.76. The van der Waals surface area contributed by atoms with Crippen LogP contribution in [-0.2, 0) is 12.8 Å². The Kier molecular flexibility index (Phi) is 5.55. The van der Waals surface area contributed by atoms with Gasteiger partial charge in [0, 0.05) is 20.5 Å². The Morgan fingerprint density at radius 2 is 1.91 bits per heavy atom. The number of thiophene rings is 1. The minimum absolute atomic E-state index is 0.0294. The maximum Gasteiger partial charge on any atom is 0.256 e. The molecule has 2 aromatic heterocycles. The molecule has 1 amide bonds. The molecule has 1 aliphatic carbocycles. The molecular weight excluding hydrogens is 463 g/mol. The van der Waals surface area contributed by atoms with Crippen molar-refractivity contribution in [2.75, 3.05) is 5.32 Å². The summed E-state index contributed by atoms with van der Waals surface area (Å²) in [5.74, 6) is 1.92. The molecule has 7 heteroatoms. The predicted octanol–water partition coefficient (Wildman–Crippen LogP) is 7.71. The normalized spacial score (nSPS) is 20.3. The quantitative estimate of drug-likeness (QED) is 0.395. The molecule has 0 saturated carbocycles. The summed E-state index contributed by atoms with van der Waals surface area (Å²) in [6.45, 7) is 6.99. The molecule has 2 aliphatic rings. The van der Waals surface area contributed by atoms with Crippen molar-refractivity contribution in [3.63, 3.8) is 0 Å². The molecule has 0 unspecified atom stereocenters. The van der Waals surface area contributed by atoms with Crippen LogP contribution < -0.4 is 10.6 Å². The van der Waals surface area contributed by atoms with Gasteiger partial charge in [-0.2, -0.15) is 0 Å². The van der Waals surface area contributed by atoms with Gasteiger partial charge in [0.1, 0.15) is 16.5 Å². The molecule has 0 spiro atoms. The zero-order valence-corrected chi connectivity index (χ0v) is 20.7. The van der Waals surface area contributed by atoms with Crippen molar-refractivity contribution in [1.29, 1.82) is 0 Å². The highest BCUT2D eigenvalue weighted by atomic mass is 35.5. The molecule has 4 nitrogen and oxygen atoms in total. The topological polar surface area (TPSA) is 54.3 Å². The van der Waals surface area contributed by atoms with Gasteiger partial charge in [0.2, 0.25) is 0 Å². The smallest absolute Gasteiger partial charge is 0.256 e. The molecule has 168 valence electrons. The zero-order valence-electron chi connectivity index (χ0n) is 18.4. The highest BCUT2D eigenvalue weighted by Gasteiger charge is 2.37. The Labute approximate surface area is 202 Å². The molecular formula is C25H26Cl2N2O2S. The van der Waals surface area contributed by atoms with Crippen LogP contribution >= 0.6 is 34.5 Å². The Hall–Kier alpha value is -1.95. The van der Waals surface area contributed by atoms with Crippen molar-refractivity contribution < 1.29 is 9.21 Å². The number of fused-ring (bicyclic) bond motifs is 3. The minimum atomic E-state index is -0.415. The Balaban J connectivity index is 1.41. The first kappa shape index (κ1) is 21.9. The fraction of sp³-hybridized carbons (Fsp3) is 0.400. The van der Waals surface area contributed by atoms with E-state index >= 15 is 0 Å². The van der Waals surface area contributed by atoms with Gasteiger partial charge in [0.05, 0.1) is 5.56 Å². The lowest BCUT2D eigenvalue weighted by molar-refractivity contribution is 0.0930. The second-order valence-electron chi connectivity index (χ2n) is 9.40. The van der Waals surface area contributed by atoms with Crippen molar-refractivity contribution in [3.05, 3.63) is 62.1 Å². The minimum Gasteiger partial charge on any atom is -0.457 e. The van der Waals surface area contributed by atoms with Crippen molar-refractivity contribution in [2.45, 2.75) is 52.6 Å². The van der Waals surface area contributed by atoms with Gasteiger partial charge in [-0.3, -0.25) is 4.79 Å². The van der Waals surface area contributed by atoms with Crippen molar-refractivity contribution in [3.8, 4) is 11.3 Å². The van der Waals surface area contributed by atoms with E-state index in [1.54, 1.807) is 17.4 Å². The maximum atomic E-state index is 13.1. The largest absolute Gasteiger partial charge is 0.457 e. The fourth-order valence-corrected chi connectivity index (χ4v) is 6.63. The summed E-state index contributed by atoms with van der Waals surface area (Å²) in [4.78, 5) is 14.4. The van der Waals surface area contributed by atoms with Crippen LogP contribution in [0, 0.1) is 11.3 Å². The van der Waals surface area contributed by atoms with E-state index in [1.807, 2.05) is 24.3 Å². The van der Waals surface area contributed by atoms with Crippen LogP contribution in [-0.4, -0.2) is 5.91 Å². The number of halogens is 2. The van der Waals surface area contributed by atoms with Gasteiger partial charge in [-0.25, -0.2) is 0 Å². The number of carbonyl (C=O) groups excluding carboxylic acids is 1. The first-order valence-electron chi connectivity index (χ1n) is 11.0. The number of hydrogen-bond acceptors (Lipinski definition) is 4. The average Bonchev–Trinajstić information content (AvgIpc) is 3.37. The van der Waals surface area contributed by atoms with E-state index in [0.29, 0.717) is 32.9 Å². The van der Waals surface area contributed by atoms with Crippen LogP contribution in [0.5, 0.6) is 0 Å². The molecule has 5 rings (SSSR count). The zero-order chi connectivity index (χ0) is 22.6. The number of amides is 1. The molecule has 1 aliphatic heterocycles. The molecule has 32 heavy (non-hydrogen) atoms. The lowest BCUT2D eigenvalue weighted by Gasteiger charge is -2.36. The van der Waals surface area contributed by atoms with E-state index in [1.165, 1.54) is 10.4 Å². The molecule has 2 N–H and O–H groups in total. The van der Waals surface area contributed by atoms with Gasteiger partial charge in [-0.15, -0.1) is 11.3 Å². The summed E-state index contributed by atoms with van der Waals surface area (Å²) in [6, 6.07) is 9.05. The van der Waals surface area contributed by atoms with Crippen molar-refractivity contribution in [2.24, 2.45) is 11.3 Å². The highest BCUT2D eigenvalue weighted by Crippen LogP contribution is 2.47. The Bertz CT molecular complexity index is 1180. The van der Waals surface area contributed by atoms with Crippen molar-refractivity contribution in [1.82, 2.24) is 5.32 Å². The van der Waals surface area contributed by atoms with Crippen LogP contribution in [0.15, 0.2) is 34.7 Å². The van der Waals surface area contributed by atoms with Crippen LogP contribution in [0.1, 0.15) is 66.3 Å². The monoisotopic (exact) mass is 488 g/mol. The van der Waals surface area contributed by atoms with E-state index in [9.17, 15) is 4.79 Å². The van der Waals surface area contributed by atoms with Gasteiger partial charge in [0.25, 0.3) is 5.91 Å². The number of carbonyl (C=O) groups is 1. The first-order chi connectivity index (χ1) is 15.2. The van der Waals surface area contributed by atoms with E-state index in [4.69, 9.17) is 27.6 Å². The Morgan fingerprint density at radius 1 is 1.16 bits per heavy atom. The number of anilines is 1. The SMILES string of the molecule is CCC(C)(C)[C@@H]1CCc2c(sc3c2C(=O)N[C@H](c2ccc(-c4cc(Cl)cc(Cl)c4)o2)N3)C1. The number of furan rings is 1. The highest BCUT2D eigenvalue weighted by molar-refractivity contribution is 7.16. The molecule has 3 heterocycles. The summed E-state index contributed by atoms with van der Waals surface area (Å²) in [5.41, 5.74) is 3.16. The van der Waals surface area contributed by atoms with E-state index < -0.39 is 6.17 Å². The molecule has 2 atom stereocenters. The van der Waals surface area contributed by atoms with Gasteiger partial charge < -0.3 is 15.1 Å². The molecule has 0 fully saturated rings. The van der Waals surface area contributed by atoms with E-state index in [-0.39, 0.29) is 5.91 Å². The summed E-state index contributed by atoms with van der Waals surface area (Å²) in [6.07, 6.45) is 3.90. The number of hydrogen-bond donors (Lipinski definition) is 2. The molecule has 0 radical (unpaired) electrons. The van der Waals surface area contributed by atoms with Gasteiger partial charge >= 0.3 is 0 Å². The molecule has 0 saturated heterocycles. The molecule has 1 aromatic carbocycles. The van der Waals surface area contributed by atoms with Crippen LogP contribution in [0.25, 0.3) is 11.3 Å². The third-order valence-electron chi connectivity index (χ3n) is 7.12. The van der Waals surface area contributed by atoms with Gasteiger partial charge in [0.15, 0.2) is 6.17 Å². The second kappa shape index (κ2) is 8.12. The summed E-state index contributed by atoms with van der Waals surface area (Å²) in [5, 5.41) is 8.62. The van der Waals surface area contributed by atoms with Gasteiger partial charge in [-0.1, -0.05) is 50.4 Å². The van der Waals surface area contributed by atoms with Crippen LogP contribution in [0.2, 0.25) is 10.0 Å². The summed E-state index contributed by atoms with van der Waals surface area (Å²) in [7, 11) is 0. The van der Waals surface area contributed by atoms with E-state index in [0.717, 1.165) is 41.8 Å². The standard InChI is InChI=1S/C25H26Cl2N2O2S/c1-4-25(2,3)14-5-6-17-20(11-14)32-24-21(17)23(30)28-22(29-24)19-8-7-18(31-19)13-9-15(26)12-16(27)10-13/h7-10,12,14,22,29H,4-6,11H2,1-3H3,(H,28,30)/t14-,22+/m1/s1. The van der Waals surface area contributed by atoms with Crippen molar-refractivity contribution >= 4 is 45.4 Å². The van der Waals surface area contributed by atoms with Gasteiger partial charge in [-0.05, 0) is 66.5 Å². The third-order valence-corrected chi connectivity index (χ3v) is 8.74. The van der Waals surface area contributed by atoms with E-state index in [2.05, 4.69) is 31.4 Å². The number of benzene rings is 1. The summed E-state index contributed by atoms with van der Waals surface area (Å²) < 4.78 is 6.07. The Morgan fingerprint density at radius 3 is 2.62 bits per heavy atom. The molecule has 0 bridgehead atoms. The summed E-state index contributed by atoms with van der Waals surface area (Å²) >= 11 is 14.0. The number of rotatable bonds is 4. The number of nitrogens with one attached hydrogen (secondary N) is 2. The lowest BCUT2D eigenvalue weighted by atomic mass is 9.69. The first-order valence-corrected chi connectivity index (χ1v) is 12.6. The van der Waals surface area contributed by atoms with Crippen LogP contribution in [0.3, 0.4) is 0 Å².